The molecule has 1 fully saturated rings. The first-order valence-electron chi connectivity index (χ1n) is 4.01. The van der Waals surface area contributed by atoms with Gasteiger partial charge in [0, 0.05) is 17.4 Å². The molecule has 5 nitrogen and oxygen atoms in total. The van der Waals surface area contributed by atoms with Gasteiger partial charge in [0.1, 0.15) is 0 Å². The predicted octanol–water partition coefficient (Wildman–Crippen LogP) is 1.17. The number of hydrogen-bond acceptors (Lipinski definition) is 2. The van der Waals surface area contributed by atoms with E-state index in [-0.39, 0.29) is 11.8 Å². The molecule has 0 spiro atoms. The van der Waals surface area contributed by atoms with Gasteiger partial charge in [0.2, 0.25) is 5.91 Å². The summed E-state index contributed by atoms with van der Waals surface area (Å²) >= 11 is 0. The van der Waals surface area contributed by atoms with Gasteiger partial charge in [-0.3, -0.25) is 4.79 Å². The van der Waals surface area contributed by atoms with Crippen molar-refractivity contribution in [2.75, 3.05) is 20.1 Å². The fraction of sp³-hybridized carbons (Fsp3) is 0.857. The van der Waals surface area contributed by atoms with E-state index in [1.807, 2.05) is 7.05 Å². The molecule has 12 heavy (non-hydrogen) atoms. The predicted molar refractivity (Wildman–Crippen MR) is 44.4 cm³/mol. The monoisotopic (exact) mass is 168 g/mol. The molecule has 1 amide bonds. The van der Waals surface area contributed by atoms with Gasteiger partial charge in [-0.05, 0) is 37.1 Å². The topological polar surface area (TPSA) is 69.1 Å². The van der Waals surface area contributed by atoms with E-state index in [1.165, 1.54) is 0 Å². The van der Waals surface area contributed by atoms with E-state index >= 15 is 0 Å². The molecule has 1 rings (SSSR count). The molecule has 1 aliphatic rings. The zero-order valence-corrected chi connectivity index (χ0v) is 7.10. The van der Waals surface area contributed by atoms with Gasteiger partial charge >= 0.3 is 0 Å². The summed E-state index contributed by atoms with van der Waals surface area (Å²) in [6, 6.07) is 0. The van der Waals surface area contributed by atoms with Crippen LogP contribution in [0.5, 0.6) is 0 Å². The quantitative estimate of drug-likeness (QED) is 0.335. The van der Waals surface area contributed by atoms with Crippen molar-refractivity contribution in [2.45, 2.75) is 12.8 Å². The first-order chi connectivity index (χ1) is 5.74. The largest absolute Gasteiger partial charge is 0.306 e. The zero-order valence-electron chi connectivity index (χ0n) is 7.10. The van der Waals surface area contributed by atoms with Crippen LogP contribution in [0.1, 0.15) is 12.8 Å². The second-order valence-electron chi connectivity index (χ2n) is 3.13. The van der Waals surface area contributed by atoms with E-state index in [0.717, 1.165) is 25.9 Å². The minimum atomic E-state index is -0.316. The summed E-state index contributed by atoms with van der Waals surface area (Å²) in [6.45, 7) is 1.75. The standard InChI is InChI=1S/C7H12N4O/c1-11-4-2-3-6(5-11)7(12)9-10-8/h6H,2-5H2,1H3. The minimum Gasteiger partial charge on any atom is -0.306 e. The molecule has 1 aliphatic heterocycles. The maximum absolute atomic E-state index is 11.1. The molecular formula is C7H12N4O. The first-order valence-corrected chi connectivity index (χ1v) is 4.01. The van der Waals surface area contributed by atoms with Crippen LogP contribution in [0.2, 0.25) is 0 Å². The minimum absolute atomic E-state index is 0.0837. The number of piperidine rings is 1. The van der Waals surface area contributed by atoms with Crippen molar-refractivity contribution in [2.24, 2.45) is 11.0 Å². The first kappa shape index (κ1) is 9.03. The Morgan fingerprint density at radius 2 is 2.50 bits per heavy atom. The molecule has 0 saturated carbocycles. The van der Waals surface area contributed by atoms with Crippen LogP contribution in [0.3, 0.4) is 0 Å². The molecular weight excluding hydrogens is 156 g/mol. The lowest BCUT2D eigenvalue weighted by Gasteiger charge is -2.27. The molecule has 0 aromatic rings. The summed E-state index contributed by atoms with van der Waals surface area (Å²) < 4.78 is 0. The summed E-state index contributed by atoms with van der Waals surface area (Å²) in [5, 5.41) is 3.10. The summed E-state index contributed by atoms with van der Waals surface area (Å²) in [7, 11) is 1.97. The number of azide groups is 1. The van der Waals surface area contributed by atoms with Gasteiger partial charge < -0.3 is 4.90 Å². The van der Waals surface area contributed by atoms with Gasteiger partial charge in [-0.2, -0.15) is 0 Å². The van der Waals surface area contributed by atoms with Crippen molar-refractivity contribution >= 4 is 5.91 Å². The highest BCUT2D eigenvalue weighted by molar-refractivity contribution is 5.79. The Labute approximate surface area is 71.0 Å². The van der Waals surface area contributed by atoms with Crippen molar-refractivity contribution in [1.82, 2.24) is 4.90 Å². The molecule has 66 valence electrons. The Morgan fingerprint density at radius 3 is 3.08 bits per heavy atom. The second-order valence-corrected chi connectivity index (χ2v) is 3.13. The molecule has 1 unspecified atom stereocenters. The van der Waals surface area contributed by atoms with Gasteiger partial charge in [0.15, 0.2) is 0 Å². The number of carbonyl (C=O) groups is 1. The second kappa shape index (κ2) is 4.09. The average Bonchev–Trinajstić information content (AvgIpc) is 2.05. The van der Waals surface area contributed by atoms with Crippen LogP contribution in [0.4, 0.5) is 0 Å². The van der Waals surface area contributed by atoms with E-state index in [0.29, 0.717) is 0 Å². The van der Waals surface area contributed by atoms with Crippen LogP contribution in [-0.2, 0) is 4.79 Å². The highest BCUT2D eigenvalue weighted by Gasteiger charge is 2.22. The molecule has 5 heteroatoms. The Kier molecular flexibility index (Phi) is 3.08. The van der Waals surface area contributed by atoms with Gasteiger partial charge in [0.25, 0.3) is 0 Å². The molecule has 0 aromatic heterocycles. The average molecular weight is 168 g/mol. The molecule has 0 aromatic carbocycles. The lowest BCUT2D eigenvalue weighted by molar-refractivity contribution is -0.123. The molecule has 1 heterocycles. The Hall–Kier alpha value is -1.06. The molecule has 1 saturated heterocycles. The van der Waals surface area contributed by atoms with Gasteiger partial charge in [-0.15, -0.1) is 0 Å². The van der Waals surface area contributed by atoms with E-state index < -0.39 is 0 Å². The van der Waals surface area contributed by atoms with Gasteiger partial charge in [0.05, 0.1) is 0 Å². The van der Waals surface area contributed by atoms with E-state index in [2.05, 4.69) is 14.9 Å². The normalized spacial score (nSPS) is 24.6. The third-order valence-corrected chi connectivity index (χ3v) is 2.12. The molecule has 0 radical (unpaired) electrons. The van der Waals surface area contributed by atoms with E-state index in [4.69, 9.17) is 5.53 Å². The van der Waals surface area contributed by atoms with Gasteiger partial charge in [-0.25, -0.2) is 0 Å². The number of rotatable bonds is 1. The number of hydrogen-bond donors (Lipinski definition) is 0. The number of amides is 1. The highest BCUT2D eigenvalue weighted by Crippen LogP contribution is 2.16. The van der Waals surface area contributed by atoms with Crippen LogP contribution in [0.25, 0.3) is 10.4 Å². The van der Waals surface area contributed by atoms with Crippen molar-refractivity contribution in [3.8, 4) is 0 Å². The van der Waals surface area contributed by atoms with Crippen molar-refractivity contribution in [1.29, 1.82) is 0 Å². The third-order valence-electron chi connectivity index (χ3n) is 2.12. The Bertz CT molecular complexity index is 221. The number of nitrogens with zero attached hydrogens (tertiary/aromatic N) is 4. The van der Waals surface area contributed by atoms with Crippen LogP contribution >= 0.6 is 0 Å². The van der Waals surface area contributed by atoms with Crippen LogP contribution in [-0.4, -0.2) is 30.9 Å². The van der Waals surface area contributed by atoms with Crippen LogP contribution in [0.15, 0.2) is 5.11 Å². The van der Waals surface area contributed by atoms with Crippen LogP contribution < -0.4 is 0 Å². The van der Waals surface area contributed by atoms with E-state index in [9.17, 15) is 4.79 Å². The highest BCUT2D eigenvalue weighted by atomic mass is 16.1. The van der Waals surface area contributed by atoms with Gasteiger partial charge in [-0.1, -0.05) is 0 Å². The number of carbonyl (C=O) groups excluding carboxylic acids is 1. The maximum Gasteiger partial charge on any atom is 0.223 e. The van der Waals surface area contributed by atoms with Crippen molar-refractivity contribution in [3.63, 3.8) is 0 Å². The fourth-order valence-electron chi connectivity index (χ4n) is 1.49. The smallest absolute Gasteiger partial charge is 0.223 e. The van der Waals surface area contributed by atoms with Crippen molar-refractivity contribution < 1.29 is 4.79 Å². The Morgan fingerprint density at radius 1 is 1.75 bits per heavy atom. The van der Waals surface area contributed by atoms with Crippen LogP contribution in [0, 0.1) is 5.92 Å². The maximum atomic E-state index is 11.1. The summed E-state index contributed by atoms with van der Waals surface area (Å²) in [4.78, 5) is 15.7. The lowest BCUT2D eigenvalue weighted by Crippen LogP contribution is -2.35. The molecule has 0 aliphatic carbocycles. The fourth-order valence-corrected chi connectivity index (χ4v) is 1.49. The zero-order chi connectivity index (χ0) is 8.97. The lowest BCUT2D eigenvalue weighted by atomic mass is 9.98. The van der Waals surface area contributed by atoms with E-state index in [1.54, 1.807) is 0 Å². The molecule has 0 N–H and O–H groups in total. The summed E-state index contributed by atoms with van der Waals surface area (Å²) in [5.74, 6) is -0.399. The number of likely N-dealkylation sites (tertiary alicyclic amines) is 1. The molecule has 1 atom stereocenters. The third kappa shape index (κ3) is 2.22. The summed E-state index contributed by atoms with van der Waals surface area (Å²) in [6.07, 6.45) is 1.86. The summed E-state index contributed by atoms with van der Waals surface area (Å²) in [5.41, 5.74) is 8.06. The SMILES string of the molecule is CN1CCCC(C(=O)N=[N+]=[N-])C1. The van der Waals surface area contributed by atoms with Crippen molar-refractivity contribution in [3.05, 3.63) is 10.4 Å². The molecule has 0 bridgehead atoms. The Balaban J connectivity index is 2.51.